The van der Waals surface area contributed by atoms with Gasteiger partial charge in [-0.05, 0) is 56.4 Å². The third-order valence-electron chi connectivity index (χ3n) is 5.89. The summed E-state index contributed by atoms with van der Waals surface area (Å²) >= 11 is 0. The van der Waals surface area contributed by atoms with Gasteiger partial charge >= 0.3 is 5.97 Å². The first-order valence-electron chi connectivity index (χ1n) is 10.2. The number of aliphatic hydroxyl groups is 1. The third kappa shape index (κ3) is 5.80. The molecule has 4 nitrogen and oxygen atoms in total. The molecule has 0 amide bonds. The standard InChI is InChI=1S/C22H34O4/c1-3-4-5-9-18(23)13-14-19-20(24)15-17-12-11-16(22(17)19)8-6-7-10-21(25)26-2/h8,13-14,17,19-20,22,24H,3-7,9-12,15H2,1-2H3/t17-,19?,20?,22+/m1/s1. The number of unbranched alkanes of at least 4 members (excludes halogenated alkanes) is 3. The lowest BCUT2D eigenvalue weighted by molar-refractivity contribution is -0.140. The molecule has 26 heavy (non-hydrogen) atoms. The van der Waals surface area contributed by atoms with Gasteiger partial charge in [0.2, 0.25) is 0 Å². The number of methoxy groups -OCH3 is 1. The number of hydrogen-bond acceptors (Lipinski definition) is 4. The van der Waals surface area contributed by atoms with Crippen LogP contribution in [-0.4, -0.2) is 30.1 Å². The van der Waals surface area contributed by atoms with Crippen molar-refractivity contribution in [2.24, 2.45) is 17.8 Å². The predicted molar refractivity (Wildman–Crippen MR) is 103 cm³/mol. The number of carbonyl (C=O) groups is 2. The summed E-state index contributed by atoms with van der Waals surface area (Å²) in [7, 11) is 1.42. The number of rotatable bonds is 10. The molecule has 0 aromatic carbocycles. The SMILES string of the molecule is CCCCCC(=O)C=CC1C(O)C[C@H]2CCC(=CCCCC(=O)OC)[C@H]12. The molecule has 4 atom stereocenters. The number of fused-ring (bicyclic) bond motifs is 1. The molecular weight excluding hydrogens is 328 g/mol. The fourth-order valence-corrected chi connectivity index (χ4v) is 4.51. The van der Waals surface area contributed by atoms with E-state index in [1.807, 2.05) is 6.08 Å². The van der Waals surface area contributed by atoms with E-state index in [-0.39, 0.29) is 23.8 Å². The largest absolute Gasteiger partial charge is 0.469 e. The van der Waals surface area contributed by atoms with E-state index in [1.54, 1.807) is 6.08 Å². The molecule has 0 aromatic heterocycles. The fraction of sp³-hybridized carbons (Fsp3) is 0.727. The van der Waals surface area contributed by atoms with Crippen molar-refractivity contribution in [1.82, 2.24) is 0 Å². The molecule has 1 N–H and O–H groups in total. The van der Waals surface area contributed by atoms with E-state index in [0.717, 1.165) is 51.4 Å². The van der Waals surface area contributed by atoms with Crippen molar-refractivity contribution in [3.63, 3.8) is 0 Å². The molecule has 0 aromatic rings. The molecule has 0 heterocycles. The van der Waals surface area contributed by atoms with Gasteiger partial charge in [0.25, 0.3) is 0 Å². The summed E-state index contributed by atoms with van der Waals surface area (Å²) in [5.41, 5.74) is 1.41. The van der Waals surface area contributed by atoms with Crippen LogP contribution >= 0.6 is 0 Å². The van der Waals surface area contributed by atoms with Crippen molar-refractivity contribution >= 4 is 11.8 Å². The number of hydrogen-bond donors (Lipinski definition) is 1. The van der Waals surface area contributed by atoms with E-state index in [9.17, 15) is 14.7 Å². The van der Waals surface area contributed by atoms with E-state index in [4.69, 9.17) is 0 Å². The predicted octanol–water partition coefficient (Wildman–Crippen LogP) is 4.37. The summed E-state index contributed by atoms with van der Waals surface area (Å²) in [5.74, 6) is 0.969. The van der Waals surface area contributed by atoms with Crippen molar-refractivity contribution in [2.45, 2.75) is 77.2 Å². The van der Waals surface area contributed by atoms with E-state index >= 15 is 0 Å². The summed E-state index contributed by atoms with van der Waals surface area (Å²) in [6, 6.07) is 0. The van der Waals surface area contributed by atoms with Crippen LogP contribution in [0, 0.1) is 17.8 Å². The topological polar surface area (TPSA) is 63.6 Å². The van der Waals surface area contributed by atoms with Crippen LogP contribution in [0.3, 0.4) is 0 Å². The highest BCUT2D eigenvalue weighted by atomic mass is 16.5. The van der Waals surface area contributed by atoms with Crippen molar-refractivity contribution in [3.05, 3.63) is 23.8 Å². The zero-order valence-electron chi connectivity index (χ0n) is 16.3. The monoisotopic (exact) mass is 362 g/mol. The summed E-state index contributed by atoms with van der Waals surface area (Å²) in [4.78, 5) is 23.2. The molecule has 0 aliphatic heterocycles. The Bertz CT molecular complexity index is 534. The molecule has 2 aliphatic rings. The number of ketones is 1. The Balaban J connectivity index is 1.92. The van der Waals surface area contributed by atoms with Gasteiger partial charge in [0.1, 0.15) is 0 Å². The number of allylic oxidation sites excluding steroid dienone is 3. The second-order valence-electron chi connectivity index (χ2n) is 7.73. The van der Waals surface area contributed by atoms with Crippen LogP contribution in [0.5, 0.6) is 0 Å². The van der Waals surface area contributed by atoms with Crippen molar-refractivity contribution in [2.75, 3.05) is 7.11 Å². The van der Waals surface area contributed by atoms with Crippen LogP contribution < -0.4 is 0 Å². The van der Waals surface area contributed by atoms with Crippen LogP contribution in [0.4, 0.5) is 0 Å². The highest BCUT2D eigenvalue weighted by Crippen LogP contribution is 2.51. The molecule has 146 valence electrons. The number of esters is 1. The summed E-state index contributed by atoms with van der Waals surface area (Å²) in [5, 5.41) is 10.5. The van der Waals surface area contributed by atoms with E-state index in [0.29, 0.717) is 24.7 Å². The van der Waals surface area contributed by atoms with E-state index in [2.05, 4.69) is 17.7 Å². The minimum atomic E-state index is -0.344. The third-order valence-corrected chi connectivity index (χ3v) is 5.89. The summed E-state index contributed by atoms with van der Waals surface area (Å²) in [6.07, 6.45) is 14.5. The van der Waals surface area contributed by atoms with Crippen LogP contribution in [0.25, 0.3) is 0 Å². The normalized spacial score (nSPS) is 29.4. The average Bonchev–Trinajstić information content (AvgIpc) is 3.15. The van der Waals surface area contributed by atoms with Gasteiger partial charge in [0.15, 0.2) is 5.78 Å². The van der Waals surface area contributed by atoms with Crippen LogP contribution in [0.1, 0.15) is 71.1 Å². The molecule has 4 heteroatoms. The minimum Gasteiger partial charge on any atom is -0.469 e. The molecular formula is C22H34O4. The second kappa shape index (κ2) is 10.7. The molecule has 2 fully saturated rings. The summed E-state index contributed by atoms with van der Waals surface area (Å²) < 4.78 is 4.68. The molecule has 0 bridgehead atoms. The van der Waals surface area contributed by atoms with Gasteiger partial charge in [0, 0.05) is 18.8 Å². The maximum Gasteiger partial charge on any atom is 0.305 e. The lowest BCUT2D eigenvalue weighted by Crippen LogP contribution is -2.18. The van der Waals surface area contributed by atoms with Gasteiger partial charge < -0.3 is 9.84 Å². The van der Waals surface area contributed by atoms with Crippen molar-refractivity contribution < 1.29 is 19.4 Å². The van der Waals surface area contributed by atoms with Crippen LogP contribution in [-0.2, 0) is 14.3 Å². The van der Waals surface area contributed by atoms with Gasteiger partial charge in [-0.15, -0.1) is 0 Å². The highest BCUT2D eigenvalue weighted by molar-refractivity contribution is 5.89. The second-order valence-corrected chi connectivity index (χ2v) is 7.73. The fourth-order valence-electron chi connectivity index (χ4n) is 4.51. The smallest absolute Gasteiger partial charge is 0.305 e. The van der Waals surface area contributed by atoms with Gasteiger partial charge in [-0.2, -0.15) is 0 Å². The number of carbonyl (C=O) groups excluding carboxylic acids is 2. The quantitative estimate of drug-likeness (QED) is 0.271. The zero-order valence-corrected chi connectivity index (χ0v) is 16.3. The Morgan fingerprint density at radius 2 is 2.04 bits per heavy atom. The van der Waals surface area contributed by atoms with Gasteiger partial charge in [-0.1, -0.05) is 37.5 Å². The van der Waals surface area contributed by atoms with Gasteiger partial charge in [-0.3, -0.25) is 9.59 Å². The Morgan fingerprint density at radius 3 is 2.77 bits per heavy atom. The Hall–Kier alpha value is -1.42. The Morgan fingerprint density at radius 1 is 1.23 bits per heavy atom. The first kappa shape index (κ1) is 20.9. The maximum absolute atomic E-state index is 12.0. The highest BCUT2D eigenvalue weighted by Gasteiger charge is 2.45. The molecule has 0 radical (unpaired) electrons. The summed E-state index contributed by atoms with van der Waals surface area (Å²) in [6.45, 7) is 2.13. The molecule has 2 unspecified atom stereocenters. The van der Waals surface area contributed by atoms with Crippen molar-refractivity contribution in [1.29, 1.82) is 0 Å². The van der Waals surface area contributed by atoms with Crippen LogP contribution in [0.2, 0.25) is 0 Å². The van der Waals surface area contributed by atoms with Gasteiger partial charge in [-0.25, -0.2) is 0 Å². The van der Waals surface area contributed by atoms with Crippen LogP contribution in [0.15, 0.2) is 23.8 Å². The molecule has 0 spiro atoms. The van der Waals surface area contributed by atoms with Crippen molar-refractivity contribution in [3.8, 4) is 0 Å². The Labute approximate surface area is 157 Å². The average molecular weight is 363 g/mol. The molecule has 0 saturated heterocycles. The Kier molecular flexibility index (Phi) is 8.56. The number of aliphatic hydroxyl groups excluding tert-OH is 1. The lowest BCUT2D eigenvalue weighted by Gasteiger charge is -2.19. The molecule has 2 rings (SSSR count). The maximum atomic E-state index is 12.0. The molecule has 2 saturated carbocycles. The first-order chi connectivity index (χ1) is 12.6. The van der Waals surface area contributed by atoms with E-state index < -0.39 is 0 Å². The minimum absolute atomic E-state index is 0.0597. The van der Waals surface area contributed by atoms with Gasteiger partial charge in [0.05, 0.1) is 13.2 Å². The number of ether oxygens (including phenoxy) is 1. The lowest BCUT2D eigenvalue weighted by atomic mass is 9.86. The first-order valence-corrected chi connectivity index (χ1v) is 10.2. The van der Waals surface area contributed by atoms with E-state index in [1.165, 1.54) is 12.7 Å². The molecule has 2 aliphatic carbocycles. The zero-order chi connectivity index (χ0) is 18.9.